The van der Waals surface area contributed by atoms with Gasteiger partial charge in [-0.2, -0.15) is 0 Å². The summed E-state index contributed by atoms with van der Waals surface area (Å²) in [5, 5.41) is 32.1. The van der Waals surface area contributed by atoms with Gasteiger partial charge in [0.25, 0.3) is 0 Å². The molecule has 0 radical (unpaired) electrons. The molecule has 3 aliphatic rings. The quantitative estimate of drug-likeness (QED) is 0.644. The van der Waals surface area contributed by atoms with Gasteiger partial charge in [-0.1, -0.05) is 0 Å². The summed E-state index contributed by atoms with van der Waals surface area (Å²) >= 11 is 0. The number of fused-ring (bicyclic) bond motifs is 3. The van der Waals surface area contributed by atoms with Crippen molar-refractivity contribution in [3.8, 4) is 0 Å². The Morgan fingerprint density at radius 3 is 2.71 bits per heavy atom. The van der Waals surface area contributed by atoms with Gasteiger partial charge in [0.15, 0.2) is 5.79 Å². The molecule has 2 bridgehead atoms. The van der Waals surface area contributed by atoms with E-state index in [4.69, 9.17) is 14.2 Å². The molecule has 0 saturated carbocycles. The van der Waals surface area contributed by atoms with E-state index >= 15 is 0 Å². The van der Waals surface area contributed by atoms with Crippen molar-refractivity contribution >= 4 is 5.97 Å². The van der Waals surface area contributed by atoms with Gasteiger partial charge in [0, 0.05) is 25.0 Å². The van der Waals surface area contributed by atoms with E-state index in [2.05, 4.69) is 0 Å². The van der Waals surface area contributed by atoms with Crippen LogP contribution in [0.4, 0.5) is 0 Å². The lowest BCUT2D eigenvalue weighted by Gasteiger charge is -2.39. The van der Waals surface area contributed by atoms with Crippen molar-refractivity contribution in [2.45, 2.75) is 63.1 Å². The molecule has 0 amide bonds. The first-order valence-electron chi connectivity index (χ1n) is 8.20. The van der Waals surface area contributed by atoms with Crippen molar-refractivity contribution in [2.24, 2.45) is 0 Å². The molecule has 3 N–H and O–H groups in total. The SMILES string of the molecule is CCOCC1=C2C(=CC3(C)CCC(O)(O3)C(C)(O)CC2O)OC1=O. The first kappa shape index (κ1) is 17.6. The summed E-state index contributed by atoms with van der Waals surface area (Å²) in [4.78, 5) is 12.2. The maximum Gasteiger partial charge on any atom is 0.342 e. The molecular formula is C17H24O7. The highest BCUT2D eigenvalue weighted by Gasteiger charge is 2.58. The monoisotopic (exact) mass is 340 g/mol. The predicted molar refractivity (Wildman–Crippen MR) is 82.6 cm³/mol. The Bertz CT molecular complexity index is 620. The average Bonchev–Trinajstić information content (AvgIpc) is 2.94. The molecule has 3 rings (SSSR count). The Morgan fingerprint density at radius 1 is 1.33 bits per heavy atom. The maximum atomic E-state index is 12.2. The Morgan fingerprint density at radius 2 is 2.04 bits per heavy atom. The Labute approximate surface area is 140 Å². The number of hydrogen-bond acceptors (Lipinski definition) is 7. The number of hydrogen-bond donors (Lipinski definition) is 3. The van der Waals surface area contributed by atoms with Crippen LogP contribution in [0, 0.1) is 0 Å². The van der Waals surface area contributed by atoms with Gasteiger partial charge in [-0.15, -0.1) is 0 Å². The van der Waals surface area contributed by atoms with Crippen LogP contribution in [0.15, 0.2) is 23.0 Å². The van der Waals surface area contributed by atoms with E-state index in [0.717, 1.165) is 0 Å². The number of rotatable bonds is 3. The lowest BCUT2D eigenvalue weighted by atomic mass is 9.82. The fraction of sp³-hybridized carbons (Fsp3) is 0.706. The third kappa shape index (κ3) is 2.70. The lowest BCUT2D eigenvalue weighted by molar-refractivity contribution is -0.297. The van der Waals surface area contributed by atoms with Crippen LogP contribution in [0.3, 0.4) is 0 Å². The first-order valence-corrected chi connectivity index (χ1v) is 8.20. The molecule has 1 saturated heterocycles. The molecule has 3 heterocycles. The highest BCUT2D eigenvalue weighted by atomic mass is 16.7. The van der Waals surface area contributed by atoms with Gasteiger partial charge in [0.05, 0.1) is 23.9 Å². The van der Waals surface area contributed by atoms with Crippen LogP contribution < -0.4 is 0 Å². The van der Waals surface area contributed by atoms with E-state index in [1.165, 1.54) is 6.92 Å². The third-order valence-corrected chi connectivity index (χ3v) is 5.05. The second-order valence-corrected chi connectivity index (χ2v) is 7.12. The second kappa shape index (κ2) is 5.64. The molecule has 3 aliphatic heterocycles. The Hall–Kier alpha value is -1.25. The molecule has 4 unspecified atom stereocenters. The maximum absolute atomic E-state index is 12.2. The van der Waals surface area contributed by atoms with Crippen molar-refractivity contribution in [3.05, 3.63) is 23.0 Å². The molecule has 0 aromatic heterocycles. The molecule has 24 heavy (non-hydrogen) atoms. The fourth-order valence-electron chi connectivity index (χ4n) is 3.59. The largest absolute Gasteiger partial charge is 0.423 e. The number of aliphatic hydroxyl groups excluding tert-OH is 1. The van der Waals surface area contributed by atoms with Crippen molar-refractivity contribution in [2.75, 3.05) is 13.2 Å². The van der Waals surface area contributed by atoms with Gasteiger partial charge < -0.3 is 29.5 Å². The molecule has 7 nitrogen and oxygen atoms in total. The van der Waals surface area contributed by atoms with E-state index in [1.807, 2.05) is 0 Å². The van der Waals surface area contributed by atoms with Crippen LogP contribution in [0.2, 0.25) is 0 Å². The van der Waals surface area contributed by atoms with Crippen molar-refractivity contribution < 1.29 is 34.3 Å². The average molecular weight is 340 g/mol. The number of ether oxygens (including phenoxy) is 3. The molecule has 1 fully saturated rings. The minimum Gasteiger partial charge on any atom is -0.423 e. The van der Waals surface area contributed by atoms with Gasteiger partial charge in [0.1, 0.15) is 11.4 Å². The van der Waals surface area contributed by atoms with Crippen molar-refractivity contribution in [1.29, 1.82) is 0 Å². The summed E-state index contributed by atoms with van der Waals surface area (Å²) < 4.78 is 16.4. The zero-order valence-corrected chi connectivity index (χ0v) is 14.2. The molecule has 134 valence electrons. The number of carbonyl (C=O) groups is 1. The standard InChI is InChI=1S/C17H24O7/c1-4-22-9-10-13-11(18)7-16(3,20)17(21)6-5-15(2,24-17)8-12(13)23-14(10)19/h8,11,18,20-21H,4-7,9H2,1-3H3. The summed E-state index contributed by atoms with van der Waals surface area (Å²) in [6.45, 7) is 5.40. The van der Waals surface area contributed by atoms with Gasteiger partial charge >= 0.3 is 5.97 Å². The number of aliphatic hydroxyl groups is 3. The molecule has 0 aromatic rings. The molecular weight excluding hydrogens is 316 g/mol. The summed E-state index contributed by atoms with van der Waals surface area (Å²) in [5.74, 6) is -2.13. The molecule has 0 aliphatic carbocycles. The smallest absolute Gasteiger partial charge is 0.342 e. The van der Waals surface area contributed by atoms with Gasteiger partial charge in [-0.3, -0.25) is 0 Å². The van der Waals surface area contributed by atoms with Crippen LogP contribution in [0.25, 0.3) is 0 Å². The van der Waals surface area contributed by atoms with E-state index in [1.54, 1.807) is 19.9 Å². The summed E-state index contributed by atoms with van der Waals surface area (Å²) in [7, 11) is 0. The topological polar surface area (TPSA) is 105 Å². The highest BCUT2D eigenvalue weighted by Crippen LogP contribution is 2.48. The molecule has 0 aromatic carbocycles. The van der Waals surface area contributed by atoms with E-state index < -0.39 is 29.1 Å². The minimum atomic E-state index is -1.77. The minimum absolute atomic E-state index is 0.0169. The van der Waals surface area contributed by atoms with Gasteiger partial charge in [0.2, 0.25) is 0 Å². The van der Waals surface area contributed by atoms with E-state index in [0.29, 0.717) is 18.6 Å². The van der Waals surface area contributed by atoms with Gasteiger partial charge in [-0.25, -0.2) is 4.79 Å². The Balaban J connectivity index is 2.10. The normalized spacial score (nSPS) is 42.2. The molecule has 7 heteroatoms. The van der Waals surface area contributed by atoms with E-state index in [9.17, 15) is 20.1 Å². The number of esters is 1. The van der Waals surface area contributed by atoms with Crippen LogP contribution in [-0.2, 0) is 19.0 Å². The summed E-state index contributed by atoms with van der Waals surface area (Å²) in [5.41, 5.74) is -2.07. The Kier molecular flexibility index (Phi) is 4.13. The predicted octanol–water partition coefficient (Wildman–Crippen LogP) is 0.533. The van der Waals surface area contributed by atoms with E-state index in [-0.39, 0.29) is 30.8 Å². The van der Waals surface area contributed by atoms with Crippen LogP contribution >= 0.6 is 0 Å². The second-order valence-electron chi connectivity index (χ2n) is 7.12. The summed E-state index contributed by atoms with van der Waals surface area (Å²) in [6, 6.07) is 0. The summed E-state index contributed by atoms with van der Waals surface area (Å²) in [6.07, 6.45) is 0.875. The van der Waals surface area contributed by atoms with Crippen molar-refractivity contribution in [1.82, 2.24) is 0 Å². The zero-order chi connectivity index (χ0) is 17.8. The van der Waals surface area contributed by atoms with Crippen LogP contribution in [0.1, 0.15) is 40.0 Å². The van der Waals surface area contributed by atoms with Crippen LogP contribution in [0.5, 0.6) is 0 Å². The van der Waals surface area contributed by atoms with Gasteiger partial charge in [-0.05, 0) is 33.3 Å². The first-order chi connectivity index (χ1) is 11.1. The molecule has 0 spiro atoms. The van der Waals surface area contributed by atoms with Crippen LogP contribution in [-0.4, -0.2) is 57.6 Å². The number of carbonyl (C=O) groups excluding carboxylic acids is 1. The third-order valence-electron chi connectivity index (χ3n) is 5.05. The highest BCUT2D eigenvalue weighted by molar-refractivity contribution is 5.95. The lowest BCUT2D eigenvalue weighted by Crippen LogP contribution is -2.54. The van der Waals surface area contributed by atoms with Crippen molar-refractivity contribution in [3.63, 3.8) is 0 Å². The molecule has 4 atom stereocenters. The fourth-order valence-corrected chi connectivity index (χ4v) is 3.59. The zero-order valence-electron chi connectivity index (χ0n) is 14.2.